The predicted octanol–water partition coefficient (Wildman–Crippen LogP) is -0.349. The Labute approximate surface area is 122 Å². The molecule has 1 N–H and O–H groups in total. The fraction of sp³-hybridized carbons (Fsp3) is 0.100. The van der Waals surface area contributed by atoms with Crippen LogP contribution in [0.1, 0.15) is 10.5 Å². The number of halogens is 1. The third kappa shape index (κ3) is 2.56. The van der Waals surface area contributed by atoms with Crippen LogP contribution in [0.3, 0.4) is 0 Å². The molecule has 0 aliphatic carbocycles. The second kappa shape index (κ2) is 5.25. The van der Waals surface area contributed by atoms with E-state index in [-0.39, 0.29) is 28.8 Å². The van der Waals surface area contributed by atoms with Crippen molar-refractivity contribution < 1.29 is 4.79 Å². The van der Waals surface area contributed by atoms with Gasteiger partial charge in [-0.05, 0) is 17.7 Å². The number of hydrogen-bond donors (Lipinski definition) is 1. The maximum atomic E-state index is 11.5. The normalized spacial score (nSPS) is 10.6. The third-order valence-corrected chi connectivity index (χ3v) is 2.63. The number of nitrogens with one attached hydrogen (secondary N) is 1. The van der Waals surface area contributed by atoms with Gasteiger partial charge in [0.2, 0.25) is 5.28 Å². The first kappa shape index (κ1) is 13.1. The Morgan fingerprint density at radius 1 is 1.24 bits per heavy atom. The van der Waals surface area contributed by atoms with Gasteiger partial charge in [0.05, 0.1) is 0 Å². The van der Waals surface area contributed by atoms with Crippen molar-refractivity contribution in [1.82, 2.24) is 44.8 Å². The summed E-state index contributed by atoms with van der Waals surface area (Å²) in [7, 11) is 1.52. The Morgan fingerprint density at radius 2 is 2.00 bits per heavy atom. The van der Waals surface area contributed by atoms with Crippen LogP contribution in [0.5, 0.6) is 0 Å². The summed E-state index contributed by atoms with van der Waals surface area (Å²) >= 11 is 5.87. The summed E-state index contributed by atoms with van der Waals surface area (Å²) in [6.07, 6.45) is 4.31. The Hall–Kier alpha value is -2.88. The number of rotatable bonds is 3. The number of carbonyl (C=O) groups is 1. The molecule has 0 aliphatic heterocycles. The van der Waals surface area contributed by atoms with E-state index in [0.29, 0.717) is 0 Å². The second-order valence-electron chi connectivity index (χ2n) is 3.77. The first-order valence-corrected chi connectivity index (χ1v) is 6.10. The molecule has 0 fully saturated rings. The predicted molar refractivity (Wildman–Crippen MR) is 70.3 cm³/mol. The van der Waals surface area contributed by atoms with E-state index in [1.807, 2.05) is 0 Å². The van der Waals surface area contributed by atoms with Crippen LogP contribution in [0.25, 0.3) is 11.9 Å². The monoisotopic (exact) mass is 305 g/mol. The Bertz CT molecular complexity index is 782. The van der Waals surface area contributed by atoms with Crippen LogP contribution in [0, 0.1) is 0 Å². The number of aromatic nitrogens is 8. The lowest BCUT2D eigenvalue weighted by atomic mass is 10.4. The molecule has 0 bridgehead atoms. The van der Waals surface area contributed by atoms with E-state index in [9.17, 15) is 4.79 Å². The maximum Gasteiger partial charge on any atom is 0.271 e. The summed E-state index contributed by atoms with van der Waals surface area (Å²) in [5.41, 5.74) is 0.233. The molecule has 1 amide bonds. The molecule has 21 heavy (non-hydrogen) atoms. The molecule has 0 saturated carbocycles. The van der Waals surface area contributed by atoms with E-state index < -0.39 is 0 Å². The van der Waals surface area contributed by atoms with E-state index in [4.69, 9.17) is 11.6 Å². The zero-order valence-electron chi connectivity index (χ0n) is 10.7. The van der Waals surface area contributed by atoms with Gasteiger partial charge in [0.1, 0.15) is 12.7 Å². The molecule has 10 nitrogen and oxygen atoms in total. The second-order valence-corrected chi connectivity index (χ2v) is 4.11. The molecule has 3 aromatic rings. The number of hydrogen-bond acceptors (Lipinski definition) is 7. The van der Waals surface area contributed by atoms with E-state index in [1.165, 1.54) is 35.1 Å². The van der Waals surface area contributed by atoms with Crippen LogP contribution >= 0.6 is 11.6 Å². The summed E-state index contributed by atoms with van der Waals surface area (Å²) in [4.78, 5) is 27.4. The highest BCUT2D eigenvalue weighted by Gasteiger charge is 2.12. The zero-order valence-corrected chi connectivity index (χ0v) is 11.4. The van der Waals surface area contributed by atoms with Crippen molar-refractivity contribution in [2.24, 2.45) is 0 Å². The van der Waals surface area contributed by atoms with Crippen LogP contribution < -0.4 is 5.32 Å². The van der Waals surface area contributed by atoms with Crippen LogP contribution in [0.4, 0.5) is 0 Å². The molecule has 11 heteroatoms. The Kier molecular flexibility index (Phi) is 3.28. The minimum absolute atomic E-state index is 0.0255. The fourth-order valence-electron chi connectivity index (χ4n) is 1.53. The minimum Gasteiger partial charge on any atom is -0.354 e. The third-order valence-electron chi connectivity index (χ3n) is 2.46. The Morgan fingerprint density at radius 3 is 2.67 bits per heavy atom. The smallest absolute Gasteiger partial charge is 0.271 e. The van der Waals surface area contributed by atoms with Gasteiger partial charge in [0.25, 0.3) is 17.8 Å². The van der Waals surface area contributed by atoms with Crippen molar-refractivity contribution in [3.8, 4) is 11.9 Å². The molecule has 0 unspecified atom stereocenters. The van der Waals surface area contributed by atoms with Gasteiger partial charge in [0, 0.05) is 13.2 Å². The van der Waals surface area contributed by atoms with Gasteiger partial charge in [0.15, 0.2) is 5.69 Å². The fourth-order valence-corrected chi connectivity index (χ4v) is 1.68. The lowest BCUT2D eigenvalue weighted by Crippen LogP contribution is -2.19. The summed E-state index contributed by atoms with van der Waals surface area (Å²) in [5.74, 6) is 0.0422. The van der Waals surface area contributed by atoms with Gasteiger partial charge in [-0.15, -0.1) is 0 Å². The van der Waals surface area contributed by atoms with Crippen molar-refractivity contribution in [3.63, 3.8) is 0 Å². The van der Waals surface area contributed by atoms with Crippen LogP contribution in [-0.4, -0.2) is 52.5 Å². The van der Waals surface area contributed by atoms with E-state index in [1.54, 1.807) is 6.20 Å². The van der Waals surface area contributed by atoms with Gasteiger partial charge >= 0.3 is 0 Å². The van der Waals surface area contributed by atoms with Crippen LogP contribution in [-0.2, 0) is 0 Å². The first-order chi connectivity index (χ1) is 10.2. The quantitative estimate of drug-likeness (QED) is 0.703. The highest BCUT2D eigenvalue weighted by molar-refractivity contribution is 6.28. The van der Waals surface area contributed by atoms with Gasteiger partial charge in [-0.25, -0.2) is 9.67 Å². The van der Waals surface area contributed by atoms with E-state index >= 15 is 0 Å². The molecular weight excluding hydrogens is 298 g/mol. The average molecular weight is 306 g/mol. The van der Waals surface area contributed by atoms with Gasteiger partial charge in [-0.2, -0.15) is 29.8 Å². The molecule has 0 saturated heterocycles. The highest BCUT2D eigenvalue weighted by Crippen LogP contribution is 2.09. The number of nitrogens with zero attached hydrogens (tertiary/aromatic N) is 8. The molecule has 3 heterocycles. The van der Waals surface area contributed by atoms with Crippen molar-refractivity contribution >= 4 is 17.5 Å². The molecule has 106 valence electrons. The lowest BCUT2D eigenvalue weighted by Gasteiger charge is -2.03. The Balaban J connectivity index is 2.02. The lowest BCUT2D eigenvalue weighted by molar-refractivity contribution is 0.0957. The van der Waals surface area contributed by atoms with Gasteiger partial charge < -0.3 is 5.32 Å². The average Bonchev–Trinajstić information content (AvgIpc) is 3.17. The molecule has 0 spiro atoms. The maximum absolute atomic E-state index is 11.5. The highest BCUT2D eigenvalue weighted by atomic mass is 35.5. The summed E-state index contributed by atoms with van der Waals surface area (Å²) in [5, 5.41) is 10.4. The summed E-state index contributed by atoms with van der Waals surface area (Å²) in [6, 6.07) is 1.53. The molecule has 0 atom stereocenters. The topological polar surface area (TPSA) is 116 Å². The first-order valence-electron chi connectivity index (χ1n) is 5.72. The van der Waals surface area contributed by atoms with Crippen LogP contribution in [0.15, 0.2) is 24.9 Å². The summed E-state index contributed by atoms with van der Waals surface area (Å²) < 4.78 is 2.65. The van der Waals surface area contributed by atoms with Crippen molar-refractivity contribution in [3.05, 3.63) is 35.9 Å². The summed E-state index contributed by atoms with van der Waals surface area (Å²) in [6.45, 7) is 0. The van der Waals surface area contributed by atoms with Crippen LogP contribution in [0.2, 0.25) is 5.28 Å². The van der Waals surface area contributed by atoms with E-state index in [2.05, 4.69) is 35.5 Å². The van der Waals surface area contributed by atoms with Crippen molar-refractivity contribution in [1.29, 1.82) is 0 Å². The molecular formula is C10H8ClN9O. The van der Waals surface area contributed by atoms with Crippen molar-refractivity contribution in [2.75, 3.05) is 7.05 Å². The van der Waals surface area contributed by atoms with E-state index in [0.717, 1.165) is 0 Å². The molecule has 3 rings (SSSR count). The molecule has 3 aromatic heterocycles. The molecule has 0 aliphatic rings. The number of amides is 1. The van der Waals surface area contributed by atoms with Gasteiger partial charge in [-0.1, -0.05) is 0 Å². The molecule has 0 radical (unpaired) electrons. The molecule has 0 aromatic carbocycles. The van der Waals surface area contributed by atoms with Gasteiger partial charge in [-0.3, -0.25) is 4.79 Å². The number of carbonyl (C=O) groups excluding carboxylic acids is 1. The SMILES string of the molecule is CNC(=O)c1ccn(-c2nc(Cl)nc(-n3cncn3)n2)n1. The standard InChI is InChI=1S/C10H8ClN9O/c1-12-7(21)6-2-3-19(18-6)9-15-8(11)16-10(17-9)20-5-13-4-14-20/h2-5H,1H3,(H,12,21). The zero-order chi connectivity index (χ0) is 14.8. The van der Waals surface area contributed by atoms with Crippen molar-refractivity contribution in [2.45, 2.75) is 0 Å². The minimum atomic E-state index is -0.314. The largest absolute Gasteiger partial charge is 0.354 e.